The van der Waals surface area contributed by atoms with E-state index >= 15 is 0 Å². The Bertz CT molecular complexity index is 54.0. The van der Waals surface area contributed by atoms with E-state index in [1.165, 1.54) is 0 Å². The Balaban J connectivity index is 0. The van der Waals surface area contributed by atoms with Crippen molar-refractivity contribution < 1.29 is 43.9 Å². The summed E-state index contributed by atoms with van der Waals surface area (Å²) in [6.45, 7) is 1.19. The van der Waals surface area contributed by atoms with Gasteiger partial charge in [-0.05, 0) is 6.58 Å². The van der Waals surface area contributed by atoms with E-state index in [0.29, 0.717) is 6.10 Å². The standard InChI is InChI=1S/C3H5O2.CH3.Y/c1-3-2-4-5-3;;/h2H2,1H3;1H3;/q2*-1;/i2T;;. The minimum absolute atomic E-state index is 0. The van der Waals surface area contributed by atoms with Crippen molar-refractivity contribution in [3.8, 4) is 0 Å². The molecule has 2 nitrogen and oxygen atoms in total. The third kappa shape index (κ3) is 3.59. The van der Waals surface area contributed by atoms with Crippen LogP contribution in [-0.2, 0) is 42.5 Å². The number of hydrogen-bond donors (Lipinski definition) is 0. The molecule has 1 unspecified atom stereocenters. The molecule has 7 heavy (non-hydrogen) atoms. The van der Waals surface area contributed by atoms with E-state index in [9.17, 15) is 0 Å². The van der Waals surface area contributed by atoms with Gasteiger partial charge in [-0.15, -0.1) is 6.10 Å². The molecule has 0 N–H and O–H groups in total. The minimum atomic E-state index is -0.523. The fraction of sp³-hybridized carbons (Fsp3) is 0.500. The van der Waals surface area contributed by atoms with Gasteiger partial charge in [-0.1, -0.05) is 0 Å². The molecule has 1 atom stereocenters. The van der Waals surface area contributed by atoms with Crippen molar-refractivity contribution in [2.24, 2.45) is 0 Å². The molecule has 1 saturated heterocycles. The largest absolute Gasteiger partial charge is 0.410 e. The molecule has 0 aromatic heterocycles. The average molecular weight is 179 g/mol. The van der Waals surface area contributed by atoms with Crippen LogP contribution in [0.25, 0.3) is 0 Å². The van der Waals surface area contributed by atoms with Crippen molar-refractivity contribution in [3.05, 3.63) is 13.5 Å². The summed E-state index contributed by atoms with van der Waals surface area (Å²) in [5, 5.41) is 0. The van der Waals surface area contributed by atoms with Gasteiger partial charge in [0, 0.05) is 34.1 Å². The van der Waals surface area contributed by atoms with Gasteiger partial charge in [0.25, 0.3) is 0 Å². The van der Waals surface area contributed by atoms with Crippen LogP contribution >= 0.6 is 0 Å². The summed E-state index contributed by atoms with van der Waals surface area (Å²) in [5.41, 5.74) is 0. The quantitative estimate of drug-likeness (QED) is 0.407. The first-order valence-corrected chi connectivity index (χ1v) is 1.40. The smallest absolute Gasteiger partial charge is 0.0264 e. The normalized spacial score (nSPS) is 31.0. The van der Waals surface area contributed by atoms with Crippen LogP contribution in [0.15, 0.2) is 0 Å². The monoisotopic (exact) mass is 179 g/mol. The Morgan fingerprint density at radius 2 is 2.29 bits per heavy atom. The van der Waals surface area contributed by atoms with E-state index in [4.69, 9.17) is 1.37 Å². The van der Waals surface area contributed by atoms with E-state index in [0.717, 1.165) is 0 Å². The first-order chi connectivity index (χ1) is 2.80. The van der Waals surface area contributed by atoms with E-state index in [-0.39, 0.29) is 40.1 Å². The number of rotatable bonds is 0. The molecular weight excluding hydrogens is 169 g/mol. The first-order valence-electron chi connectivity index (χ1n) is 1.97. The van der Waals surface area contributed by atoms with Crippen molar-refractivity contribution in [2.75, 3.05) is 6.58 Å². The zero-order chi connectivity index (χ0) is 4.57. The molecule has 0 aromatic carbocycles. The van der Waals surface area contributed by atoms with Gasteiger partial charge < -0.3 is 17.2 Å². The molecule has 1 aliphatic heterocycles. The molecule has 1 rings (SSSR count). The molecule has 1 aliphatic rings. The molecule has 0 aromatic rings. The van der Waals surface area contributed by atoms with Crippen molar-refractivity contribution in [1.82, 2.24) is 0 Å². The number of hydrogen-bond acceptors (Lipinski definition) is 2. The summed E-state index contributed by atoms with van der Waals surface area (Å²) in [6, 6.07) is 0. The van der Waals surface area contributed by atoms with Crippen LogP contribution in [0.3, 0.4) is 0 Å². The van der Waals surface area contributed by atoms with Crippen LogP contribution in [0.5, 0.6) is 0 Å². The van der Waals surface area contributed by atoms with Crippen LogP contribution in [0.4, 0.5) is 0 Å². The Hall–Kier alpha value is 1.02. The van der Waals surface area contributed by atoms with Crippen molar-refractivity contribution in [3.63, 3.8) is 0 Å². The molecule has 1 radical (unpaired) electrons. The molecule has 1 fully saturated rings. The van der Waals surface area contributed by atoms with E-state index in [1.807, 2.05) is 0 Å². The van der Waals surface area contributed by atoms with Crippen molar-refractivity contribution in [2.45, 2.75) is 6.92 Å². The molecule has 0 aliphatic carbocycles. The molecule has 41 valence electrons. The second-order valence-corrected chi connectivity index (χ2v) is 0.908. The average Bonchev–Trinajstić information content (AvgIpc) is 1.61. The molecular formula is C4H8O2Y-2. The fourth-order valence-electron chi connectivity index (χ4n) is 0.144. The summed E-state index contributed by atoms with van der Waals surface area (Å²) in [7, 11) is 0. The van der Waals surface area contributed by atoms with Gasteiger partial charge in [-0.25, -0.2) is 0 Å². The Morgan fingerprint density at radius 3 is 2.29 bits per heavy atom. The topological polar surface area (TPSA) is 18.5 Å². The van der Waals surface area contributed by atoms with Gasteiger partial charge >= 0.3 is 0 Å². The van der Waals surface area contributed by atoms with Gasteiger partial charge in [0.05, 0.1) is 0 Å². The molecule has 0 amide bonds. The predicted octanol–water partition coefficient (Wildman–Crippen LogP) is 0.948. The van der Waals surface area contributed by atoms with Gasteiger partial charge in [0.2, 0.25) is 0 Å². The van der Waals surface area contributed by atoms with E-state index in [1.54, 1.807) is 6.92 Å². The Kier molecular flexibility index (Phi) is 5.92. The summed E-state index contributed by atoms with van der Waals surface area (Å²) in [6.07, 6.45) is 0.634. The molecule has 1 heterocycles. The van der Waals surface area contributed by atoms with Gasteiger partial charge in [-0.3, -0.25) is 0 Å². The van der Waals surface area contributed by atoms with Gasteiger partial charge in [0.1, 0.15) is 0 Å². The van der Waals surface area contributed by atoms with Crippen LogP contribution in [0.1, 0.15) is 8.29 Å². The molecule has 0 bridgehead atoms. The summed E-state index contributed by atoms with van der Waals surface area (Å²) in [5.74, 6) is 0. The maximum absolute atomic E-state index is 6.73. The summed E-state index contributed by atoms with van der Waals surface area (Å²) < 4.78 is 6.73. The van der Waals surface area contributed by atoms with Crippen molar-refractivity contribution >= 4 is 0 Å². The van der Waals surface area contributed by atoms with Gasteiger partial charge in [0.15, 0.2) is 0 Å². The Morgan fingerprint density at radius 1 is 1.86 bits per heavy atom. The SMILES string of the molecule is [3H]C1OO[C-]1C.[CH3-].[Y]. The summed E-state index contributed by atoms with van der Waals surface area (Å²) in [4.78, 5) is 8.44. The molecule has 3 heteroatoms. The second kappa shape index (κ2) is 5.17. The zero-order valence-electron chi connectivity index (χ0n) is 5.47. The Labute approximate surface area is 70.8 Å². The maximum atomic E-state index is 6.73. The van der Waals surface area contributed by atoms with Crippen LogP contribution in [-0.4, -0.2) is 6.58 Å². The second-order valence-electron chi connectivity index (χ2n) is 0.908. The van der Waals surface area contributed by atoms with Crippen molar-refractivity contribution in [1.29, 1.82) is 0 Å². The first kappa shape index (κ1) is 8.02. The molecule has 0 saturated carbocycles. The van der Waals surface area contributed by atoms with Crippen LogP contribution in [0.2, 0.25) is 0 Å². The van der Waals surface area contributed by atoms with E-state index in [2.05, 4.69) is 9.78 Å². The molecule has 0 spiro atoms. The third-order valence-electron chi connectivity index (χ3n) is 0.394. The minimum Gasteiger partial charge on any atom is -0.410 e. The van der Waals surface area contributed by atoms with E-state index < -0.39 is 6.58 Å². The van der Waals surface area contributed by atoms with Gasteiger partial charge in [-0.2, -0.15) is 6.92 Å². The zero-order valence-corrected chi connectivity index (χ0v) is 7.31. The van der Waals surface area contributed by atoms with Crippen LogP contribution in [0, 0.1) is 13.5 Å². The summed E-state index contributed by atoms with van der Waals surface area (Å²) >= 11 is 0. The van der Waals surface area contributed by atoms with Crippen LogP contribution < -0.4 is 0 Å². The predicted molar refractivity (Wildman–Crippen MR) is 22.4 cm³/mol. The maximum Gasteiger partial charge on any atom is 0.0264 e. The fourth-order valence-corrected chi connectivity index (χ4v) is 0.144. The third-order valence-corrected chi connectivity index (χ3v) is 0.394.